The maximum Gasteiger partial charge on any atom is 0.253 e. The molecular formula is C21H18ClFN4O2. The molecule has 2 heterocycles. The van der Waals surface area contributed by atoms with Gasteiger partial charge < -0.3 is 10.1 Å². The maximum absolute atomic E-state index is 13.2. The van der Waals surface area contributed by atoms with Crippen molar-refractivity contribution in [2.75, 3.05) is 6.61 Å². The highest BCUT2D eigenvalue weighted by Crippen LogP contribution is 2.33. The molecule has 0 spiro atoms. The number of carbonyl (C=O) groups excluding carboxylic acids is 1. The Morgan fingerprint density at radius 2 is 2.07 bits per heavy atom. The number of pyridine rings is 1. The van der Waals surface area contributed by atoms with Crippen LogP contribution in [-0.2, 0) is 6.54 Å². The standard InChI is InChI=1S/C21H18ClFN4O2/c22-18-6-15(3-4-20(18)29-12-13-1-2-13)19-7-16(10-26-27-19)21(28)25-9-14-5-17(23)11-24-8-14/h3-8,10-11,13H,1-2,9,12H2,(H,25,28). The van der Waals surface area contributed by atoms with Gasteiger partial charge in [-0.3, -0.25) is 9.78 Å². The molecule has 1 saturated carbocycles. The molecule has 1 amide bonds. The summed E-state index contributed by atoms with van der Waals surface area (Å²) in [6.07, 6.45) is 6.38. The Balaban J connectivity index is 1.44. The van der Waals surface area contributed by atoms with Gasteiger partial charge in [-0.05, 0) is 54.7 Å². The van der Waals surface area contributed by atoms with Crippen molar-refractivity contribution in [2.24, 2.45) is 5.92 Å². The monoisotopic (exact) mass is 412 g/mol. The quantitative estimate of drug-likeness (QED) is 0.633. The van der Waals surface area contributed by atoms with E-state index in [1.807, 2.05) is 6.07 Å². The van der Waals surface area contributed by atoms with E-state index in [4.69, 9.17) is 16.3 Å². The average molecular weight is 413 g/mol. The van der Waals surface area contributed by atoms with Gasteiger partial charge in [-0.25, -0.2) is 4.39 Å². The van der Waals surface area contributed by atoms with Crippen LogP contribution in [0.2, 0.25) is 5.02 Å². The van der Waals surface area contributed by atoms with Crippen LogP contribution in [0.3, 0.4) is 0 Å². The highest BCUT2D eigenvalue weighted by molar-refractivity contribution is 6.32. The lowest BCUT2D eigenvalue weighted by Crippen LogP contribution is -2.23. The molecule has 0 saturated heterocycles. The van der Waals surface area contributed by atoms with Gasteiger partial charge in [0.15, 0.2) is 0 Å². The normalized spacial score (nSPS) is 13.2. The van der Waals surface area contributed by atoms with E-state index in [0.29, 0.717) is 40.1 Å². The second-order valence-electron chi connectivity index (χ2n) is 6.92. The highest BCUT2D eigenvalue weighted by atomic mass is 35.5. The third-order valence-corrected chi connectivity index (χ3v) is 4.83. The lowest BCUT2D eigenvalue weighted by atomic mass is 10.1. The van der Waals surface area contributed by atoms with Crippen LogP contribution in [0.5, 0.6) is 5.75 Å². The molecule has 0 atom stereocenters. The smallest absolute Gasteiger partial charge is 0.253 e. The van der Waals surface area contributed by atoms with Crippen molar-refractivity contribution < 1.29 is 13.9 Å². The van der Waals surface area contributed by atoms with E-state index in [-0.39, 0.29) is 12.5 Å². The molecule has 1 aliphatic rings. The molecule has 1 fully saturated rings. The third-order valence-electron chi connectivity index (χ3n) is 4.53. The average Bonchev–Trinajstić information content (AvgIpc) is 3.56. The van der Waals surface area contributed by atoms with Crippen LogP contribution in [0, 0.1) is 11.7 Å². The lowest BCUT2D eigenvalue weighted by molar-refractivity contribution is 0.0950. The van der Waals surface area contributed by atoms with Crippen molar-refractivity contribution in [1.82, 2.24) is 20.5 Å². The Bertz CT molecular complexity index is 1040. The van der Waals surface area contributed by atoms with Gasteiger partial charge in [0.25, 0.3) is 5.91 Å². The molecule has 2 aromatic heterocycles. The molecule has 29 heavy (non-hydrogen) atoms. The summed E-state index contributed by atoms with van der Waals surface area (Å²) in [4.78, 5) is 16.2. The third kappa shape index (κ3) is 5.06. The largest absolute Gasteiger partial charge is 0.492 e. The van der Waals surface area contributed by atoms with Gasteiger partial charge in [0.05, 0.1) is 35.3 Å². The van der Waals surface area contributed by atoms with Crippen LogP contribution in [0.25, 0.3) is 11.3 Å². The Kier molecular flexibility index (Phi) is 5.67. The first-order valence-electron chi connectivity index (χ1n) is 9.21. The van der Waals surface area contributed by atoms with E-state index in [1.54, 1.807) is 18.2 Å². The number of hydrogen-bond acceptors (Lipinski definition) is 5. The Morgan fingerprint density at radius 1 is 1.21 bits per heavy atom. The zero-order valence-corrected chi connectivity index (χ0v) is 16.2. The predicted molar refractivity (Wildman–Crippen MR) is 106 cm³/mol. The first-order chi connectivity index (χ1) is 14.1. The number of nitrogens with one attached hydrogen (secondary N) is 1. The van der Waals surface area contributed by atoms with Gasteiger partial charge in [-0.2, -0.15) is 10.2 Å². The van der Waals surface area contributed by atoms with Gasteiger partial charge >= 0.3 is 0 Å². The summed E-state index contributed by atoms with van der Waals surface area (Å²) in [6.45, 7) is 0.829. The highest BCUT2D eigenvalue weighted by Gasteiger charge is 2.22. The van der Waals surface area contributed by atoms with Gasteiger partial charge in [0.1, 0.15) is 11.6 Å². The van der Waals surface area contributed by atoms with Crippen molar-refractivity contribution in [3.8, 4) is 17.0 Å². The lowest BCUT2D eigenvalue weighted by Gasteiger charge is -2.09. The van der Waals surface area contributed by atoms with Crippen LogP contribution >= 0.6 is 11.6 Å². The van der Waals surface area contributed by atoms with Crippen LogP contribution < -0.4 is 10.1 Å². The fourth-order valence-corrected chi connectivity index (χ4v) is 2.97. The van der Waals surface area contributed by atoms with E-state index in [2.05, 4.69) is 20.5 Å². The van der Waals surface area contributed by atoms with E-state index >= 15 is 0 Å². The second-order valence-corrected chi connectivity index (χ2v) is 7.33. The van der Waals surface area contributed by atoms with Gasteiger partial charge in [-0.1, -0.05) is 11.6 Å². The molecule has 0 aliphatic heterocycles. The number of aromatic nitrogens is 3. The van der Waals surface area contributed by atoms with Crippen molar-refractivity contribution >= 4 is 17.5 Å². The topological polar surface area (TPSA) is 77.0 Å². The Labute approximate surface area is 172 Å². The fourth-order valence-electron chi connectivity index (χ4n) is 2.74. The zero-order chi connectivity index (χ0) is 20.2. The molecule has 0 bridgehead atoms. The molecule has 3 aromatic rings. The number of nitrogens with zero attached hydrogens (tertiary/aromatic N) is 3. The van der Waals surface area contributed by atoms with E-state index in [0.717, 1.165) is 11.8 Å². The van der Waals surface area contributed by atoms with Crippen LogP contribution in [0.15, 0.2) is 48.9 Å². The number of ether oxygens (including phenoxy) is 1. The molecule has 148 valence electrons. The number of rotatable bonds is 7. The summed E-state index contributed by atoms with van der Waals surface area (Å²) in [5.41, 5.74) is 2.14. The fraction of sp³-hybridized carbons (Fsp3) is 0.238. The first kappa shape index (κ1) is 19.3. The van der Waals surface area contributed by atoms with Gasteiger partial charge in [0, 0.05) is 18.3 Å². The summed E-state index contributed by atoms with van der Waals surface area (Å²) < 4.78 is 18.9. The number of halogens is 2. The van der Waals surface area contributed by atoms with Crippen molar-refractivity contribution in [3.05, 3.63) is 70.9 Å². The molecule has 6 nitrogen and oxygen atoms in total. The SMILES string of the molecule is O=C(NCc1cncc(F)c1)c1cnnc(-c2ccc(OCC3CC3)c(Cl)c2)c1. The summed E-state index contributed by atoms with van der Waals surface area (Å²) in [5, 5.41) is 11.2. The Hall–Kier alpha value is -3.06. The number of carbonyl (C=O) groups is 1. The summed E-state index contributed by atoms with van der Waals surface area (Å²) in [6, 6.07) is 8.32. The first-order valence-corrected chi connectivity index (χ1v) is 9.59. The van der Waals surface area contributed by atoms with Crippen LogP contribution in [0.1, 0.15) is 28.8 Å². The van der Waals surface area contributed by atoms with Gasteiger partial charge in [-0.15, -0.1) is 0 Å². The Morgan fingerprint density at radius 3 is 2.83 bits per heavy atom. The predicted octanol–water partition coefficient (Wildman–Crippen LogP) is 4.05. The van der Waals surface area contributed by atoms with Crippen molar-refractivity contribution in [3.63, 3.8) is 0 Å². The maximum atomic E-state index is 13.2. The second kappa shape index (κ2) is 8.53. The summed E-state index contributed by atoms with van der Waals surface area (Å²) in [7, 11) is 0. The zero-order valence-electron chi connectivity index (χ0n) is 15.4. The van der Waals surface area contributed by atoms with Crippen LogP contribution in [-0.4, -0.2) is 27.7 Å². The molecule has 1 aromatic carbocycles. The molecule has 8 heteroatoms. The van der Waals surface area contributed by atoms with Crippen LogP contribution in [0.4, 0.5) is 4.39 Å². The minimum atomic E-state index is -0.453. The van der Waals surface area contributed by atoms with E-state index < -0.39 is 5.82 Å². The van der Waals surface area contributed by atoms with Crippen molar-refractivity contribution in [1.29, 1.82) is 0 Å². The minimum absolute atomic E-state index is 0.153. The molecule has 1 N–H and O–H groups in total. The minimum Gasteiger partial charge on any atom is -0.492 e. The van der Waals surface area contributed by atoms with E-state index in [1.165, 1.54) is 31.3 Å². The summed E-state index contributed by atoms with van der Waals surface area (Å²) >= 11 is 6.33. The molecular weight excluding hydrogens is 395 g/mol. The number of benzene rings is 1. The van der Waals surface area contributed by atoms with Crippen molar-refractivity contribution in [2.45, 2.75) is 19.4 Å². The van der Waals surface area contributed by atoms with E-state index in [9.17, 15) is 9.18 Å². The molecule has 1 aliphatic carbocycles. The summed E-state index contributed by atoms with van der Waals surface area (Å²) in [5.74, 6) is 0.467. The molecule has 4 rings (SSSR count). The molecule has 0 unspecified atom stereocenters. The number of amides is 1. The molecule has 0 radical (unpaired) electrons. The van der Waals surface area contributed by atoms with Gasteiger partial charge in [0.2, 0.25) is 0 Å². The number of hydrogen-bond donors (Lipinski definition) is 1.